The fourth-order valence-electron chi connectivity index (χ4n) is 6.00. The topological polar surface area (TPSA) is 261 Å². The molecule has 8 N–H and O–H groups in total. The number of ether oxygens (including phenoxy) is 1. The molecule has 2 atom stereocenters. The van der Waals surface area contributed by atoms with Crippen LogP contribution in [0.15, 0.2) is 82.3 Å². The van der Waals surface area contributed by atoms with E-state index in [1.54, 1.807) is 36.4 Å². The highest BCUT2D eigenvalue weighted by Crippen LogP contribution is 2.29. The van der Waals surface area contributed by atoms with E-state index in [0.29, 0.717) is 22.6 Å². The van der Waals surface area contributed by atoms with Gasteiger partial charge in [0.2, 0.25) is 11.8 Å². The first-order valence-electron chi connectivity index (χ1n) is 17.6. The first-order valence-corrected chi connectivity index (χ1v) is 17.6. The lowest BCUT2D eigenvalue weighted by Gasteiger charge is -2.41. The number of aliphatic carboxylic acids is 1. The molecule has 3 aromatic carbocycles. The summed E-state index contributed by atoms with van der Waals surface area (Å²) in [5, 5.41) is 20.7. The number of halogens is 3. The van der Waals surface area contributed by atoms with Gasteiger partial charge in [0, 0.05) is 42.9 Å². The number of nitrogens with one attached hydrogen (secondary N) is 3. The van der Waals surface area contributed by atoms with E-state index in [-0.39, 0.29) is 56.1 Å². The van der Waals surface area contributed by atoms with Crippen molar-refractivity contribution in [2.45, 2.75) is 37.5 Å². The van der Waals surface area contributed by atoms with Crippen molar-refractivity contribution in [3.8, 4) is 5.75 Å². The van der Waals surface area contributed by atoms with Crippen LogP contribution in [0, 0.1) is 0 Å². The van der Waals surface area contributed by atoms with Crippen LogP contribution < -0.4 is 32.2 Å². The number of hydrogen-bond donors (Lipinski definition) is 6. The van der Waals surface area contributed by atoms with Gasteiger partial charge in [-0.15, -0.1) is 0 Å². The third kappa shape index (κ3) is 11.2. The van der Waals surface area contributed by atoms with Crippen molar-refractivity contribution in [1.29, 1.82) is 0 Å². The molecule has 0 spiro atoms. The van der Waals surface area contributed by atoms with Gasteiger partial charge >= 0.3 is 18.0 Å². The van der Waals surface area contributed by atoms with Gasteiger partial charge in [-0.2, -0.15) is 18.2 Å². The summed E-state index contributed by atoms with van der Waals surface area (Å²) in [7, 11) is 1.49. The Morgan fingerprint density at radius 1 is 0.983 bits per heavy atom. The molecule has 58 heavy (non-hydrogen) atoms. The molecule has 21 heteroatoms. The fraction of sp³-hybridized carbons (Fsp3) is 0.297. The number of carboxylic acid groups (broad SMARTS) is 1. The van der Waals surface area contributed by atoms with E-state index < -0.39 is 66.2 Å². The second kappa shape index (κ2) is 18.6. The number of piperazine rings is 1. The summed E-state index contributed by atoms with van der Waals surface area (Å²) in [6.07, 6.45) is -4.58. The van der Waals surface area contributed by atoms with Crippen LogP contribution in [-0.4, -0.2) is 106 Å². The first kappa shape index (κ1) is 42.0. The Bertz CT molecular complexity index is 2120. The second-order valence-corrected chi connectivity index (χ2v) is 12.9. The summed E-state index contributed by atoms with van der Waals surface area (Å²) in [6.45, 7) is -0.607. The summed E-state index contributed by atoms with van der Waals surface area (Å²) < 4.78 is 48.0. The van der Waals surface area contributed by atoms with Gasteiger partial charge in [-0.05, 0) is 84.2 Å². The van der Waals surface area contributed by atoms with Crippen LogP contribution >= 0.6 is 0 Å². The van der Waals surface area contributed by atoms with Gasteiger partial charge in [0.25, 0.3) is 17.8 Å². The number of guanidine groups is 1. The number of carbonyl (C=O) groups is 5. The minimum absolute atomic E-state index is 0.0120. The van der Waals surface area contributed by atoms with Gasteiger partial charge < -0.3 is 51.6 Å². The normalized spacial score (nSPS) is 14.6. The number of nitrogens with zero attached hydrogens (tertiary/aromatic N) is 5. The first-order chi connectivity index (χ1) is 27.6. The molecule has 4 amide bonds. The van der Waals surface area contributed by atoms with Crippen molar-refractivity contribution < 1.29 is 51.5 Å². The maximum absolute atomic E-state index is 14.4. The highest BCUT2D eigenvalue weighted by molar-refractivity contribution is 5.99. The Labute approximate surface area is 328 Å². The molecule has 4 aromatic rings. The van der Waals surface area contributed by atoms with Gasteiger partial charge in [-0.1, -0.05) is 12.1 Å². The lowest BCUT2D eigenvalue weighted by atomic mass is 9.99. The highest BCUT2D eigenvalue weighted by Gasteiger charge is 2.41. The van der Waals surface area contributed by atoms with E-state index in [2.05, 4.69) is 35.6 Å². The molecule has 1 aliphatic rings. The van der Waals surface area contributed by atoms with E-state index in [0.717, 1.165) is 4.90 Å². The van der Waals surface area contributed by atoms with E-state index in [1.807, 2.05) is 0 Å². The van der Waals surface area contributed by atoms with Crippen molar-refractivity contribution in [1.82, 2.24) is 30.6 Å². The van der Waals surface area contributed by atoms with Crippen molar-refractivity contribution in [3.05, 3.63) is 95.4 Å². The minimum Gasteiger partial charge on any atom is -0.497 e. The molecule has 0 aliphatic carbocycles. The summed E-state index contributed by atoms with van der Waals surface area (Å²) in [4.78, 5) is 75.7. The van der Waals surface area contributed by atoms with E-state index in [4.69, 9.17) is 16.2 Å². The molecule has 0 bridgehead atoms. The molecule has 2 heterocycles. The van der Waals surface area contributed by atoms with Crippen LogP contribution in [0.3, 0.4) is 0 Å². The molecule has 1 aliphatic heterocycles. The molecule has 1 saturated heterocycles. The predicted octanol–water partition coefficient (Wildman–Crippen LogP) is 2.42. The molecular formula is C37H39F3N10O8. The number of nitrogens with two attached hydrogens (primary N) is 2. The van der Waals surface area contributed by atoms with Gasteiger partial charge in [0.15, 0.2) is 5.96 Å². The lowest BCUT2D eigenvalue weighted by Crippen LogP contribution is -2.63. The lowest BCUT2D eigenvalue weighted by molar-refractivity contribution is -0.159. The number of carbonyl (C=O) groups excluding carboxylic acids is 4. The number of rotatable bonds is 16. The van der Waals surface area contributed by atoms with E-state index in [1.165, 1.54) is 48.4 Å². The van der Waals surface area contributed by atoms with Crippen LogP contribution in [0.1, 0.15) is 45.0 Å². The van der Waals surface area contributed by atoms with Crippen LogP contribution in [0.2, 0.25) is 0 Å². The van der Waals surface area contributed by atoms with Gasteiger partial charge in [-0.3, -0.25) is 24.0 Å². The number of hydrogen-bond acceptors (Lipinski definition) is 11. The number of alkyl halides is 3. The number of aliphatic imine (C=N–C) groups is 1. The number of aromatic nitrogens is 2. The molecule has 0 saturated carbocycles. The third-order valence-corrected chi connectivity index (χ3v) is 8.79. The molecule has 18 nitrogen and oxygen atoms in total. The van der Waals surface area contributed by atoms with Crippen molar-refractivity contribution >= 4 is 52.9 Å². The van der Waals surface area contributed by atoms with Gasteiger partial charge in [0.1, 0.15) is 24.4 Å². The second-order valence-electron chi connectivity index (χ2n) is 12.9. The maximum Gasteiger partial charge on any atom is 0.471 e. The molecular weight excluding hydrogens is 769 g/mol. The average molecular weight is 809 g/mol. The SMILES string of the molecule is COc1ccc(C[C@H](NC(=O)c2ccc(Nc3noc(C(F)(F)F)n3)cc2)C(=O)N2CCN(CC(=O)O)C(=O)[C@@H]2CCCNC(=O)c2ccc(N=C(N)N)cc2)cc1. The standard InChI is InChI=1S/C37H39F3N10O8/c1-57-26-14-4-21(5-15-26)19-27(46-31(54)23-8-12-25(13-9-23)45-36-47-34(58-48-36)37(38,39)40)32(55)50-18-17-49(20-29(51)52)33(56)28(50)3-2-16-43-30(53)22-6-10-24(11-7-22)44-35(41)42/h4-15,27-28H,2-3,16-20H2,1H3,(H,43,53)(H,45,48)(H,46,54)(H,51,52)(H4,41,42,44)/t27-,28-/m0/s1. The van der Waals surface area contributed by atoms with Crippen molar-refractivity contribution in [3.63, 3.8) is 0 Å². The third-order valence-electron chi connectivity index (χ3n) is 8.79. The summed E-state index contributed by atoms with van der Waals surface area (Å²) >= 11 is 0. The quantitative estimate of drug-likeness (QED) is 0.0541. The monoisotopic (exact) mass is 808 g/mol. The Morgan fingerprint density at radius 2 is 1.64 bits per heavy atom. The molecule has 306 valence electrons. The van der Waals surface area contributed by atoms with Crippen LogP contribution in [0.4, 0.5) is 30.5 Å². The van der Waals surface area contributed by atoms with E-state index >= 15 is 0 Å². The maximum atomic E-state index is 14.4. The zero-order valence-electron chi connectivity index (χ0n) is 30.9. The molecule has 0 unspecified atom stereocenters. The van der Waals surface area contributed by atoms with Crippen LogP contribution in [0.25, 0.3) is 0 Å². The molecule has 1 aromatic heterocycles. The molecule has 1 fully saturated rings. The highest BCUT2D eigenvalue weighted by atomic mass is 19.4. The smallest absolute Gasteiger partial charge is 0.471 e. The zero-order valence-corrected chi connectivity index (χ0v) is 30.9. The molecule has 5 rings (SSSR count). The Balaban J connectivity index is 1.31. The predicted molar refractivity (Wildman–Crippen MR) is 200 cm³/mol. The van der Waals surface area contributed by atoms with Crippen LogP contribution in [0.5, 0.6) is 5.75 Å². The number of amides is 4. The number of carboxylic acids is 1. The molecule has 0 radical (unpaired) electrons. The summed E-state index contributed by atoms with van der Waals surface area (Å²) in [5.41, 5.74) is 12.5. The van der Waals surface area contributed by atoms with E-state index in [9.17, 15) is 42.3 Å². The van der Waals surface area contributed by atoms with Crippen molar-refractivity contribution in [2.24, 2.45) is 16.5 Å². The van der Waals surface area contributed by atoms with Gasteiger partial charge in [0.05, 0.1) is 12.8 Å². The fourth-order valence-corrected chi connectivity index (χ4v) is 6.00. The Hall–Kier alpha value is -7.19. The minimum atomic E-state index is -4.84. The Kier molecular flexibility index (Phi) is 13.5. The zero-order chi connectivity index (χ0) is 42.0. The average Bonchev–Trinajstić information content (AvgIpc) is 3.67. The number of methoxy groups -OCH3 is 1. The summed E-state index contributed by atoms with van der Waals surface area (Å²) in [5.74, 6) is -5.14. The summed E-state index contributed by atoms with van der Waals surface area (Å²) in [6, 6.07) is 16.1. The largest absolute Gasteiger partial charge is 0.497 e. The Morgan fingerprint density at radius 3 is 2.24 bits per heavy atom. The van der Waals surface area contributed by atoms with Crippen molar-refractivity contribution in [2.75, 3.05) is 38.6 Å². The number of benzene rings is 3. The number of anilines is 2. The van der Waals surface area contributed by atoms with Crippen LogP contribution in [-0.2, 0) is 27.0 Å². The van der Waals surface area contributed by atoms with Gasteiger partial charge in [-0.25, -0.2) is 4.99 Å².